The molecule has 0 radical (unpaired) electrons. The van der Waals surface area contributed by atoms with Gasteiger partial charge in [-0.2, -0.15) is 0 Å². The molecule has 0 spiro atoms. The molecule has 2 N–H and O–H groups in total. The van der Waals surface area contributed by atoms with Crippen LogP contribution in [0.3, 0.4) is 0 Å². The van der Waals surface area contributed by atoms with Gasteiger partial charge in [-0.1, -0.05) is 11.3 Å². The third-order valence-corrected chi connectivity index (χ3v) is 3.76. The van der Waals surface area contributed by atoms with Gasteiger partial charge in [0.15, 0.2) is 5.01 Å². The smallest absolute Gasteiger partial charge is 0.221 e. The number of aromatic hydroxyl groups is 1. The summed E-state index contributed by atoms with van der Waals surface area (Å²) in [7, 11) is 0. The molecular formula is C14H10N2O3S. The molecule has 5 nitrogen and oxygen atoms in total. The van der Waals surface area contributed by atoms with E-state index in [1.54, 1.807) is 24.3 Å². The number of aliphatic hydroxyl groups is 1. The van der Waals surface area contributed by atoms with E-state index in [9.17, 15) is 9.90 Å². The van der Waals surface area contributed by atoms with Crippen LogP contribution in [0.5, 0.6) is 5.75 Å². The van der Waals surface area contributed by atoms with Gasteiger partial charge in [0, 0.05) is 5.56 Å². The second kappa shape index (κ2) is 4.99. The summed E-state index contributed by atoms with van der Waals surface area (Å²) in [6, 6.07) is 9.44. The van der Waals surface area contributed by atoms with Crippen molar-refractivity contribution in [3.05, 3.63) is 52.7 Å². The van der Waals surface area contributed by atoms with Crippen LogP contribution in [0, 0.1) is 0 Å². The van der Waals surface area contributed by atoms with Crippen LogP contribution in [-0.2, 0) is 6.61 Å². The Bertz CT molecular complexity index is 781. The number of phenols is 1. The van der Waals surface area contributed by atoms with Crippen molar-refractivity contribution < 1.29 is 15.0 Å². The maximum Gasteiger partial charge on any atom is 0.221 e. The molecule has 3 rings (SSSR count). The van der Waals surface area contributed by atoms with E-state index in [0.717, 1.165) is 0 Å². The minimum atomic E-state index is -0.210. The summed E-state index contributed by atoms with van der Waals surface area (Å²) >= 11 is 1.19. The highest BCUT2D eigenvalue weighted by Gasteiger charge is 2.15. The van der Waals surface area contributed by atoms with Gasteiger partial charge in [0.05, 0.1) is 12.3 Å². The zero-order valence-corrected chi connectivity index (χ0v) is 11.1. The molecule has 0 bridgehead atoms. The van der Waals surface area contributed by atoms with Crippen molar-refractivity contribution in [2.45, 2.75) is 6.61 Å². The van der Waals surface area contributed by atoms with Crippen molar-refractivity contribution >= 4 is 27.5 Å². The fourth-order valence-electron chi connectivity index (χ4n) is 1.78. The number of carbonyl (C=O) groups excluding carboxylic acids is 1. The Balaban J connectivity index is 2.01. The quantitative estimate of drug-likeness (QED) is 0.721. The van der Waals surface area contributed by atoms with E-state index < -0.39 is 0 Å². The van der Waals surface area contributed by atoms with E-state index in [-0.39, 0.29) is 18.1 Å². The van der Waals surface area contributed by atoms with Crippen molar-refractivity contribution in [1.82, 2.24) is 9.97 Å². The monoisotopic (exact) mass is 286 g/mol. The molecule has 0 aliphatic rings. The van der Waals surface area contributed by atoms with Crippen molar-refractivity contribution in [3.63, 3.8) is 0 Å². The molecule has 1 aromatic carbocycles. The lowest BCUT2D eigenvalue weighted by molar-refractivity contribution is 0.103. The summed E-state index contributed by atoms with van der Waals surface area (Å²) < 4.78 is 0. The molecule has 6 heteroatoms. The van der Waals surface area contributed by atoms with Crippen LogP contribution >= 0.6 is 11.3 Å². The molecule has 0 aliphatic heterocycles. The summed E-state index contributed by atoms with van der Waals surface area (Å²) in [5.41, 5.74) is 1.64. The minimum absolute atomic E-state index is 0.111. The zero-order valence-electron chi connectivity index (χ0n) is 10.3. The first kappa shape index (κ1) is 12.7. The highest BCUT2D eigenvalue weighted by atomic mass is 32.1. The Morgan fingerprint density at radius 2 is 1.85 bits per heavy atom. The first-order chi connectivity index (χ1) is 9.67. The molecule has 3 aromatic rings. The van der Waals surface area contributed by atoms with Gasteiger partial charge in [0.25, 0.3) is 0 Å². The summed E-state index contributed by atoms with van der Waals surface area (Å²) in [6.07, 6.45) is 0. The number of aromatic nitrogens is 2. The number of thiazole rings is 1. The van der Waals surface area contributed by atoms with Gasteiger partial charge >= 0.3 is 0 Å². The van der Waals surface area contributed by atoms with Gasteiger partial charge in [0.1, 0.15) is 16.1 Å². The number of ketones is 1. The molecule has 20 heavy (non-hydrogen) atoms. The molecule has 0 unspecified atom stereocenters. The number of phenolic OH excluding ortho intramolecular Hbond substituents is 1. The second-order valence-electron chi connectivity index (χ2n) is 4.18. The Labute approximate surface area is 118 Å². The van der Waals surface area contributed by atoms with Crippen molar-refractivity contribution in [2.24, 2.45) is 0 Å². The largest absolute Gasteiger partial charge is 0.508 e. The van der Waals surface area contributed by atoms with Gasteiger partial charge < -0.3 is 10.2 Å². The Morgan fingerprint density at radius 3 is 2.55 bits per heavy atom. The average Bonchev–Trinajstić information content (AvgIpc) is 2.90. The van der Waals surface area contributed by atoms with E-state index in [4.69, 9.17) is 5.11 Å². The van der Waals surface area contributed by atoms with Crippen molar-refractivity contribution in [3.8, 4) is 5.75 Å². The summed E-state index contributed by atoms with van der Waals surface area (Å²) in [4.78, 5) is 21.4. The van der Waals surface area contributed by atoms with Crippen LogP contribution in [0.1, 0.15) is 21.1 Å². The lowest BCUT2D eigenvalue weighted by Gasteiger charge is -1.96. The molecule has 0 aliphatic carbocycles. The average molecular weight is 286 g/mol. The number of hydrogen-bond donors (Lipinski definition) is 2. The minimum Gasteiger partial charge on any atom is -0.508 e. The first-order valence-electron chi connectivity index (χ1n) is 5.88. The first-order valence-corrected chi connectivity index (χ1v) is 6.70. The SMILES string of the molecule is O=C(c1ccc(O)cc1)c1nc2ccc(CO)nc2s1. The fraction of sp³-hybridized carbons (Fsp3) is 0.0714. The Hall–Kier alpha value is -2.31. The third-order valence-electron chi connectivity index (χ3n) is 2.80. The lowest BCUT2D eigenvalue weighted by atomic mass is 10.1. The van der Waals surface area contributed by atoms with Gasteiger partial charge in [0.2, 0.25) is 5.78 Å². The Kier molecular flexibility index (Phi) is 3.17. The molecule has 0 amide bonds. The molecule has 2 aromatic heterocycles. The molecule has 2 heterocycles. The number of carbonyl (C=O) groups is 1. The van der Waals surface area contributed by atoms with Crippen LogP contribution in [0.15, 0.2) is 36.4 Å². The summed E-state index contributed by atoms with van der Waals surface area (Å²) in [6.45, 7) is -0.144. The van der Waals surface area contributed by atoms with Crippen LogP contribution in [0.4, 0.5) is 0 Å². The lowest BCUT2D eigenvalue weighted by Crippen LogP contribution is -1.99. The third kappa shape index (κ3) is 2.26. The van der Waals surface area contributed by atoms with Crippen molar-refractivity contribution in [2.75, 3.05) is 0 Å². The molecule has 0 saturated carbocycles. The van der Waals surface area contributed by atoms with Crippen LogP contribution in [0.2, 0.25) is 0 Å². The van der Waals surface area contributed by atoms with Crippen LogP contribution in [-0.4, -0.2) is 26.0 Å². The second-order valence-corrected chi connectivity index (χ2v) is 5.16. The maximum atomic E-state index is 12.3. The van der Waals surface area contributed by atoms with Gasteiger partial charge in [-0.25, -0.2) is 9.97 Å². The normalized spacial score (nSPS) is 10.8. The van der Waals surface area contributed by atoms with Gasteiger partial charge in [-0.05, 0) is 36.4 Å². The van der Waals surface area contributed by atoms with Gasteiger partial charge in [-0.15, -0.1) is 0 Å². The predicted molar refractivity (Wildman–Crippen MR) is 74.9 cm³/mol. The van der Waals surface area contributed by atoms with E-state index in [1.165, 1.54) is 23.5 Å². The number of aliphatic hydroxyl groups excluding tert-OH is 1. The molecule has 100 valence electrons. The summed E-state index contributed by atoms with van der Waals surface area (Å²) in [5.74, 6) is -0.0985. The number of fused-ring (bicyclic) bond motifs is 1. The zero-order chi connectivity index (χ0) is 14.1. The topological polar surface area (TPSA) is 83.3 Å². The molecule has 0 fully saturated rings. The number of hydrogen-bond acceptors (Lipinski definition) is 6. The van der Waals surface area contributed by atoms with Crippen molar-refractivity contribution in [1.29, 1.82) is 0 Å². The number of nitrogens with zero attached hydrogens (tertiary/aromatic N) is 2. The molecule has 0 atom stereocenters. The number of benzene rings is 1. The van der Waals surface area contributed by atoms with E-state index in [0.29, 0.717) is 26.6 Å². The van der Waals surface area contributed by atoms with E-state index in [2.05, 4.69) is 9.97 Å². The number of rotatable bonds is 3. The Morgan fingerprint density at radius 1 is 1.10 bits per heavy atom. The fourth-order valence-corrected chi connectivity index (χ4v) is 2.70. The molecular weight excluding hydrogens is 276 g/mol. The highest BCUT2D eigenvalue weighted by Crippen LogP contribution is 2.23. The maximum absolute atomic E-state index is 12.3. The van der Waals surface area contributed by atoms with Crippen LogP contribution in [0.25, 0.3) is 10.3 Å². The molecule has 0 saturated heterocycles. The standard InChI is InChI=1S/C14H10N2O3S/c17-7-9-3-6-11-13(15-9)20-14(16-11)12(19)8-1-4-10(18)5-2-8/h1-6,17-18H,7H2. The van der Waals surface area contributed by atoms with Crippen LogP contribution < -0.4 is 0 Å². The van der Waals surface area contributed by atoms with Gasteiger partial charge in [-0.3, -0.25) is 4.79 Å². The number of pyridine rings is 1. The predicted octanol–water partition coefficient (Wildman–Crippen LogP) is 2.12. The highest BCUT2D eigenvalue weighted by molar-refractivity contribution is 7.20. The summed E-state index contributed by atoms with van der Waals surface area (Å²) in [5, 5.41) is 18.6. The van der Waals surface area contributed by atoms with E-state index >= 15 is 0 Å². The van der Waals surface area contributed by atoms with E-state index in [1.807, 2.05) is 0 Å².